The predicted octanol–water partition coefficient (Wildman–Crippen LogP) is 3.11. The van der Waals surface area contributed by atoms with E-state index in [4.69, 9.17) is 0 Å². The van der Waals surface area contributed by atoms with Crippen molar-refractivity contribution in [3.05, 3.63) is 63.3 Å². The van der Waals surface area contributed by atoms with Gasteiger partial charge in [-0.3, -0.25) is 9.59 Å². The number of rotatable bonds is 5. The Morgan fingerprint density at radius 3 is 2.81 bits per heavy atom. The number of amides is 1. The molecule has 4 rings (SSSR count). The van der Waals surface area contributed by atoms with E-state index >= 15 is 0 Å². The zero-order valence-electron chi connectivity index (χ0n) is 17.7. The molecule has 1 aliphatic rings. The number of aromatic amines is 1. The first-order valence-corrected chi connectivity index (χ1v) is 10.2. The van der Waals surface area contributed by atoms with E-state index in [9.17, 15) is 9.59 Å². The largest absolute Gasteiger partial charge is 0.345 e. The third-order valence-electron chi connectivity index (χ3n) is 5.56. The number of aryl methyl sites for hydroxylation is 2. The number of piperidine rings is 1. The topological polar surface area (TPSA) is 91.8 Å². The fourth-order valence-corrected chi connectivity index (χ4v) is 3.96. The lowest BCUT2D eigenvalue weighted by atomic mass is 9.99. The molecule has 1 saturated heterocycles. The maximum atomic E-state index is 13.0. The highest BCUT2D eigenvalue weighted by Crippen LogP contribution is 2.14. The number of hydrogen-bond donors (Lipinski definition) is 3. The number of imidazole rings is 1. The summed E-state index contributed by atoms with van der Waals surface area (Å²) in [5, 5.41) is 6.22. The zero-order chi connectivity index (χ0) is 20.4. The molecule has 1 aromatic carbocycles. The summed E-state index contributed by atoms with van der Waals surface area (Å²) in [5.74, 6) is 0.723. The van der Waals surface area contributed by atoms with Crippen LogP contribution in [-0.4, -0.2) is 33.5 Å². The molecule has 0 saturated carbocycles. The normalized spacial score (nSPS) is 15.7. The molecule has 0 radical (unpaired) electrons. The van der Waals surface area contributed by atoms with Gasteiger partial charge in [0.15, 0.2) is 0 Å². The van der Waals surface area contributed by atoms with Crippen molar-refractivity contribution >= 4 is 41.8 Å². The Hall–Kier alpha value is -2.35. The standard InChI is InChI=1S/C22H27N5O2.2ClH/c1-14-5-6-17-18(10-14)26-19(25-17)12-24-21(28)20-15(2)7-9-27(22(20)29)13-16-4-3-8-23-11-16;;/h5-7,9-10,16,23H,3-4,8,11-13H2,1-2H3,(H,24,28)(H,25,26);2*1H. The molecule has 1 aliphatic heterocycles. The van der Waals surface area contributed by atoms with Gasteiger partial charge in [0.05, 0.1) is 17.6 Å². The first-order chi connectivity index (χ1) is 14.0. The van der Waals surface area contributed by atoms with Gasteiger partial charge in [0, 0.05) is 12.7 Å². The molecule has 0 spiro atoms. The number of nitrogens with one attached hydrogen (secondary N) is 3. The Morgan fingerprint density at radius 1 is 1.26 bits per heavy atom. The Morgan fingerprint density at radius 2 is 2.06 bits per heavy atom. The van der Waals surface area contributed by atoms with Crippen LogP contribution in [0.3, 0.4) is 0 Å². The zero-order valence-corrected chi connectivity index (χ0v) is 19.4. The van der Waals surface area contributed by atoms with Gasteiger partial charge in [0.2, 0.25) is 0 Å². The second-order valence-electron chi connectivity index (χ2n) is 7.93. The van der Waals surface area contributed by atoms with Gasteiger partial charge in [-0.1, -0.05) is 6.07 Å². The molecule has 0 bridgehead atoms. The molecule has 3 aromatic rings. The van der Waals surface area contributed by atoms with E-state index in [0.29, 0.717) is 23.9 Å². The maximum Gasteiger partial charge on any atom is 0.263 e. The molecule has 1 atom stereocenters. The highest BCUT2D eigenvalue weighted by molar-refractivity contribution is 5.95. The number of H-pyrrole nitrogens is 1. The average Bonchev–Trinajstić information content (AvgIpc) is 3.11. The van der Waals surface area contributed by atoms with Gasteiger partial charge >= 0.3 is 0 Å². The summed E-state index contributed by atoms with van der Waals surface area (Å²) < 4.78 is 1.67. The highest BCUT2D eigenvalue weighted by atomic mass is 35.5. The molecule has 1 amide bonds. The number of nitrogens with zero attached hydrogens (tertiary/aromatic N) is 2. The number of benzene rings is 1. The van der Waals surface area contributed by atoms with Gasteiger partial charge in [-0.2, -0.15) is 0 Å². The van der Waals surface area contributed by atoms with Gasteiger partial charge in [-0.15, -0.1) is 24.8 Å². The van der Waals surface area contributed by atoms with E-state index < -0.39 is 0 Å². The minimum absolute atomic E-state index is 0. The summed E-state index contributed by atoms with van der Waals surface area (Å²) >= 11 is 0. The van der Waals surface area contributed by atoms with Gasteiger partial charge in [0.1, 0.15) is 11.4 Å². The van der Waals surface area contributed by atoms with Crippen LogP contribution < -0.4 is 16.2 Å². The Kier molecular flexibility index (Phi) is 8.68. The predicted molar refractivity (Wildman–Crippen MR) is 128 cm³/mol. The quantitative estimate of drug-likeness (QED) is 0.539. The summed E-state index contributed by atoms with van der Waals surface area (Å²) in [5.41, 5.74) is 3.61. The number of carbonyl (C=O) groups is 1. The number of aromatic nitrogens is 3. The molecule has 1 unspecified atom stereocenters. The number of fused-ring (bicyclic) bond motifs is 1. The highest BCUT2D eigenvalue weighted by Gasteiger charge is 2.19. The van der Waals surface area contributed by atoms with Crippen molar-refractivity contribution in [2.24, 2.45) is 5.92 Å². The first-order valence-electron chi connectivity index (χ1n) is 10.2. The molecular formula is C22H29Cl2N5O2. The fraction of sp³-hybridized carbons (Fsp3) is 0.409. The third kappa shape index (κ3) is 5.67. The summed E-state index contributed by atoms with van der Waals surface area (Å²) in [6.07, 6.45) is 4.01. The van der Waals surface area contributed by atoms with Crippen molar-refractivity contribution in [2.75, 3.05) is 13.1 Å². The molecule has 0 aliphatic carbocycles. The van der Waals surface area contributed by atoms with Crippen molar-refractivity contribution in [3.63, 3.8) is 0 Å². The SMILES string of the molecule is Cc1ccc2nc(CNC(=O)c3c(C)ccn(CC4CCCNC4)c3=O)[nH]c2c1.Cl.Cl. The lowest BCUT2D eigenvalue weighted by Crippen LogP contribution is -2.38. The molecule has 31 heavy (non-hydrogen) atoms. The van der Waals surface area contributed by atoms with Crippen LogP contribution in [0.2, 0.25) is 0 Å². The molecule has 7 nitrogen and oxygen atoms in total. The Balaban J connectivity index is 0.00000171. The van der Waals surface area contributed by atoms with Crippen molar-refractivity contribution in [1.82, 2.24) is 25.2 Å². The third-order valence-corrected chi connectivity index (χ3v) is 5.56. The van der Waals surface area contributed by atoms with Crippen LogP contribution in [0.25, 0.3) is 11.0 Å². The summed E-state index contributed by atoms with van der Waals surface area (Å²) in [6.45, 7) is 6.64. The number of hydrogen-bond acceptors (Lipinski definition) is 4. The molecule has 3 N–H and O–H groups in total. The molecule has 2 aromatic heterocycles. The molecule has 3 heterocycles. The Bertz CT molecular complexity index is 1100. The monoisotopic (exact) mass is 465 g/mol. The van der Waals surface area contributed by atoms with Crippen LogP contribution in [0.1, 0.15) is 40.2 Å². The van der Waals surface area contributed by atoms with E-state index in [-0.39, 0.29) is 48.4 Å². The summed E-state index contributed by atoms with van der Waals surface area (Å²) in [6, 6.07) is 7.82. The average molecular weight is 466 g/mol. The van der Waals surface area contributed by atoms with Gasteiger partial charge in [-0.25, -0.2) is 4.98 Å². The maximum absolute atomic E-state index is 13.0. The van der Waals surface area contributed by atoms with Crippen molar-refractivity contribution in [3.8, 4) is 0 Å². The van der Waals surface area contributed by atoms with E-state index in [1.165, 1.54) is 0 Å². The molecule has 9 heteroatoms. The van der Waals surface area contributed by atoms with Crippen molar-refractivity contribution in [1.29, 1.82) is 0 Å². The number of carbonyl (C=O) groups excluding carboxylic acids is 1. The van der Waals surface area contributed by atoms with Crippen LogP contribution >= 0.6 is 24.8 Å². The van der Waals surface area contributed by atoms with Crippen LogP contribution in [0.4, 0.5) is 0 Å². The molecular weight excluding hydrogens is 437 g/mol. The minimum atomic E-state index is -0.361. The van der Waals surface area contributed by atoms with Crippen LogP contribution in [0.5, 0.6) is 0 Å². The molecule has 168 valence electrons. The van der Waals surface area contributed by atoms with Crippen molar-refractivity contribution < 1.29 is 4.79 Å². The summed E-state index contributed by atoms with van der Waals surface area (Å²) in [7, 11) is 0. The number of pyridine rings is 1. The second-order valence-corrected chi connectivity index (χ2v) is 7.93. The lowest BCUT2D eigenvalue weighted by Gasteiger charge is -2.23. The molecule has 1 fully saturated rings. The minimum Gasteiger partial charge on any atom is -0.345 e. The summed E-state index contributed by atoms with van der Waals surface area (Å²) in [4.78, 5) is 33.5. The fourth-order valence-electron chi connectivity index (χ4n) is 3.96. The smallest absolute Gasteiger partial charge is 0.263 e. The van der Waals surface area contributed by atoms with Crippen LogP contribution in [0.15, 0.2) is 35.3 Å². The van der Waals surface area contributed by atoms with Crippen LogP contribution in [0, 0.1) is 19.8 Å². The van der Waals surface area contributed by atoms with Gasteiger partial charge in [-0.05, 0) is 75.0 Å². The van der Waals surface area contributed by atoms with Crippen LogP contribution in [-0.2, 0) is 13.1 Å². The van der Waals surface area contributed by atoms with Gasteiger partial charge < -0.3 is 20.2 Å². The second kappa shape index (κ2) is 10.8. The number of halogens is 2. The van der Waals surface area contributed by atoms with E-state index in [1.54, 1.807) is 17.7 Å². The van der Waals surface area contributed by atoms with E-state index in [1.807, 2.05) is 31.2 Å². The van der Waals surface area contributed by atoms with Crippen molar-refractivity contribution in [2.45, 2.75) is 39.8 Å². The Labute approximate surface area is 193 Å². The lowest BCUT2D eigenvalue weighted by molar-refractivity contribution is 0.0947. The van der Waals surface area contributed by atoms with Gasteiger partial charge in [0.25, 0.3) is 11.5 Å². The van der Waals surface area contributed by atoms with E-state index in [0.717, 1.165) is 42.5 Å². The van der Waals surface area contributed by atoms with E-state index in [2.05, 4.69) is 20.6 Å². The first kappa shape index (κ1) is 24.9.